The number of anilines is 1. The number of aromatic nitrogens is 1. The Kier molecular flexibility index (Phi) is 3.05. The standard InChI is InChI=1S/C15H18N2O/c18-13-7-5-6-12-8-9-14(16-15(12)13)17-10-3-1-2-4-11-17/h5-9,18H,1-4,10-11H2. The van der Waals surface area contributed by atoms with Crippen LogP contribution in [0.3, 0.4) is 0 Å². The van der Waals surface area contributed by atoms with Crippen LogP contribution in [0, 0.1) is 0 Å². The quantitative estimate of drug-likeness (QED) is 0.833. The Morgan fingerprint density at radius 3 is 2.50 bits per heavy atom. The molecule has 0 unspecified atom stereocenters. The van der Waals surface area contributed by atoms with E-state index in [0.717, 1.165) is 24.3 Å². The molecule has 1 saturated heterocycles. The fraction of sp³-hybridized carbons (Fsp3) is 0.400. The summed E-state index contributed by atoms with van der Waals surface area (Å²) in [5.41, 5.74) is 0.708. The molecule has 94 valence electrons. The molecule has 0 spiro atoms. The van der Waals surface area contributed by atoms with Gasteiger partial charge in [-0.3, -0.25) is 0 Å². The Balaban J connectivity index is 1.99. The van der Waals surface area contributed by atoms with Crippen LogP contribution in [0.4, 0.5) is 5.82 Å². The van der Waals surface area contributed by atoms with E-state index in [4.69, 9.17) is 0 Å². The largest absolute Gasteiger partial charge is 0.506 e. The highest BCUT2D eigenvalue weighted by Crippen LogP contribution is 2.26. The fourth-order valence-electron chi connectivity index (χ4n) is 2.60. The van der Waals surface area contributed by atoms with Gasteiger partial charge in [0.2, 0.25) is 0 Å². The Bertz CT molecular complexity index is 545. The smallest absolute Gasteiger partial charge is 0.141 e. The molecule has 3 rings (SSSR count). The molecule has 0 saturated carbocycles. The highest BCUT2D eigenvalue weighted by molar-refractivity contribution is 5.85. The minimum absolute atomic E-state index is 0.268. The van der Waals surface area contributed by atoms with Gasteiger partial charge < -0.3 is 10.0 Å². The number of para-hydroxylation sites is 1. The van der Waals surface area contributed by atoms with Gasteiger partial charge in [0.1, 0.15) is 17.1 Å². The Morgan fingerprint density at radius 2 is 1.72 bits per heavy atom. The minimum atomic E-state index is 0.268. The minimum Gasteiger partial charge on any atom is -0.506 e. The predicted molar refractivity (Wildman–Crippen MR) is 74.1 cm³/mol. The van der Waals surface area contributed by atoms with Crippen molar-refractivity contribution in [2.75, 3.05) is 18.0 Å². The monoisotopic (exact) mass is 242 g/mol. The second-order valence-electron chi connectivity index (χ2n) is 4.92. The molecule has 3 nitrogen and oxygen atoms in total. The van der Waals surface area contributed by atoms with E-state index in [0.29, 0.717) is 5.52 Å². The van der Waals surface area contributed by atoms with Crippen LogP contribution in [-0.2, 0) is 0 Å². The van der Waals surface area contributed by atoms with E-state index >= 15 is 0 Å². The predicted octanol–water partition coefficient (Wildman–Crippen LogP) is 3.32. The van der Waals surface area contributed by atoms with Gasteiger partial charge in [-0.1, -0.05) is 25.0 Å². The highest BCUT2D eigenvalue weighted by Gasteiger charge is 2.12. The normalized spacial score (nSPS) is 16.8. The van der Waals surface area contributed by atoms with Crippen molar-refractivity contribution in [2.45, 2.75) is 25.7 Å². The molecule has 3 heteroatoms. The van der Waals surface area contributed by atoms with Crippen molar-refractivity contribution in [3.63, 3.8) is 0 Å². The molecule has 1 aliphatic heterocycles. The van der Waals surface area contributed by atoms with Gasteiger partial charge in [0.25, 0.3) is 0 Å². The molecule has 0 bridgehead atoms. The van der Waals surface area contributed by atoms with Crippen LogP contribution in [-0.4, -0.2) is 23.2 Å². The van der Waals surface area contributed by atoms with Gasteiger partial charge in [0.15, 0.2) is 0 Å². The van der Waals surface area contributed by atoms with Gasteiger partial charge in [0.05, 0.1) is 0 Å². The molecule has 1 aromatic carbocycles. The number of benzene rings is 1. The number of hydrogen-bond acceptors (Lipinski definition) is 3. The van der Waals surface area contributed by atoms with Crippen LogP contribution in [0.15, 0.2) is 30.3 Å². The molecule has 0 amide bonds. The van der Waals surface area contributed by atoms with Gasteiger partial charge >= 0.3 is 0 Å². The fourth-order valence-corrected chi connectivity index (χ4v) is 2.60. The molecule has 1 aliphatic rings. The number of phenols is 1. The van der Waals surface area contributed by atoms with E-state index in [1.54, 1.807) is 6.07 Å². The van der Waals surface area contributed by atoms with Gasteiger partial charge in [-0.05, 0) is 31.0 Å². The SMILES string of the molecule is Oc1cccc2ccc(N3CCCCCC3)nc12. The lowest BCUT2D eigenvalue weighted by atomic mass is 10.2. The number of rotatable bonds is 1. The second kappa shape index (κ2) is 4.84. The van der Waals surface area contributed by atoms with Crippen LogP contribution >= 0.6 is 0 Å². The summed E-state index contributed by atoms with van der Waals surface area (Å²) in [7, 11) is 0. The number of phenolic OH excluding ortho intramolecular Hbond substituents is 1. The van der Waals surface area contributed by atoms with Gasteiger partial charge in [-0.25, -0.2) is 4.98 Å². The first-order valence-corrected chi connectivity index (χ1v) is 6.68. The maximum atomic E-state index is 9.87. The summed E-state index contributed by atoms with van der Waals surface area (Å²) in [4.78, 5) is 6.95. The average molecular weight is 242 g/mol. The zero-order valence-corrected chi connectivity index (χ0v) is 10.5. The number of pyridine rings is 1. The number of nitrogens with zero attached hydrogens (tertiary/aromatic N) is 2. The average Bonchev–Trinajstić information content (AvgIpc) is 2.68. The molecule has 1 fully saturated rings. The van der Waals surface area contributed by atoms with E-state index in [9.17, 15) is 5.11 Å². The summed E-state index contributed by atoms with van der Waals surface area (Å²) in [5, 5.41) is 10.9. The maximum Gasteiger partial charge on any atom is 0.141 e. The first-order chi connectivity index (χ1) is 8.84. The summed E-state index contributed by atoms with van der Waals surface area (Å²) >= 11 is 0. The van der Waals surface area contributed by atoms with Crippen LogP contribution in [0.25, 0.3) is 10.9 Å². The molecule has 2 aromatic rings. The van der Waals surface area contributed by atoms with Crippen molar-refractivity contribution < 1.29 is 5.11 Å². The maximum absolute atomic E-state index is 9.87. The van der Waals surface area contributed by atoms with Crippen molar-refractivity contribution in [2.24, 2.45) is 0 Å². The Hall–Kier alpha value is -1.77. The highest BCUT2D eigenvalue weighted by atomic mass is 16.3. The van der Waals surface area contributed by atoms with Crippen molar-refractivity contribution in [3.05, 3.63) is 30.3 Å². The molecular weight excluding hydrogens is 224 g/mol. The van der Waals surface area contributed by atoms with Crippen molar-refractivity contribution >= 4 is 16.7 Å². The second-order valence-corrected chi connectivity index (χ2v) is 4.92. The van der Waals surface area contributed by atoms with Crippen LogP contribution < -0.4 is 4.90 Å². The molecule has 0 aliphatic carbocycles. The van der Waals surface area contributed by atoms with Gasteiger partial charge in [-0.15, -0.1) is 0 Å². The van der Waals surface area contributed by atoms with E-state index in [2.05, 4.69) is 16.0 Å². The van der Waals surface area contributed by atoms with Crippen molar-refractivity contribution in [1.82, 2.24) is 4.98 Å². The third-order valence-electron chi connectivity index (χ3n) is 3.61. The van der Waals surface area contributed by atoms with E-state index in [1.807, 2.05) is 18.2 Å². The van der Waals surface area contributed by atoms with Crippen molar-refractivity contribution in [3.8, 4) is 5.75 Å². The Morgan fingerprint density at radius 1 is 0.944 bits per heavy atom. The molecule has 1 aromatic heterocycles. The van der Waals surface area contributed by atoms with Gasteiger partial charge in [-0.2, -0.15) is 0 Å². The lowest BCUT2D eigenvalue weighted by molar-refractivity contribution is 0.480. The first kappa shape index (κ1) is 11.3. The van der Waals surface area contributed by atoms with Crippen molar-refractivity contribution in [1.29, 1.82) is 0 Å². The summed E-state index contributed by atoms with van der Waals surface area (Å²) in [6, 6.07) is 9.64. The molecule has 2 heterocycles. The summed E-state index contributed by atoms with van der Waals surface area (Å²) < 4.78 is 0. The molecule has 18 heavy (non-hydrogen) atoms. The molecular formula is C15H18N2O. The van der Waals surface area contributed by atoms with Crippen LogP contribution in [0.1, 0.15) is 25.7 Å². The van der Waals surface area contributed by atoms with Crippen LogP contribution in [0.5, 0.6) is 5.75 Å². The lowest BCUT2D eigenvalue weighted by Gasteiger charge is -2.21. The van der Waals surface area contributed by atoms with Crippen LogP contribution in [0.2, 0.25) is 0 Å². The Labute approximate surface area is 107 Å². The summed E-state index contributed by atoms with van der Waals surface area (Å²) in [5.74, 6) is 1.26. The zero-order valence-electron chi connectivity index (χ0n) is 10.5. The van der Waals surface area contributed by atoms with Gasteiger partial charge in [0, 0.05) is 18.5 Å². The molecule has 1 N–H and O–H groups in total. The topological polar surface area (TPSA) is 36.4 Å². The molecule has 0 atom stereocenters. The van der Waals surface area contributed by atoms with E-state index in [1.165, 1.54) is 25.7 Å². The molecule has 0 radical (unpaired) electrons. The number of fused-ring (bicyclic) bond motifs is 1. The van der Waals surface area contributed by atoms with E-state index < -0.39 is 0 Å². The summed E-state index contributed by atoms with van der Waals surface area (Å²) in [6.45, 7) is 2.15. The lowest BCUT2D eigenvalue weighted by Crippen LogP contribution is -2.24. The van der Waals surface area contributed by atoms with E-state index in [-0.39, 0.29) is 5.75 Å². The zero-order chi connectivity index (χ0) is 12.4. The number of aromatic hydroxyl groups is 1. The number of hydrogen-bond donors (Lipinski definition) is 1. The third kappa shape index (κ3) is 2.13. The first-order valence-electron chi connectivity index (χ1n) is 6.68. The third-order valence-corrected chi connectivity index (χ3v) is 3.61. The summed E-state index contributed by atoms with van der Waals surface area (Å²) in [6.07, 6.45) is 5.10.